The molecular weight excluding hydrogens is 368 g/mol. The molecule has 0 spiro atoms. The molecule has 2 heterocycles. The number of rotatable bonds is 5. The van der Waals surface area contributed by atoms with Crippen molar-refractivity contribution in [2.75, 3.05) is 25.0 Å². The van der Waals surface area contributed by atoms with Crippen LogP contribution in [0.15, 0.2) is 30.3 Å². The number of benzene rings is 1. The van der Waals surface area contributed by atoms with Crippen LogP contribution in [0.25, 0.3) is 0 Å². The molecule has 2 aliphatic rings. The molecule has 1 saturated carbocycles. The van der Waals surface area contributed by atoms with Gasteiger partial charge in [-0.15, -0.1) is 0 Å². The van der Waals surface area contributed by atoms with E-state index in [4.69, 9.17) is 0 Å². The topological polar surface area (TPSA) is 49.3 Å². The number of carbonyl (C=O) groups excluding carboxylic acids is 1. The van der Waals surface area contributed by atoms with Crippen molar-refractivity contribution in [3.63, 3.8) is 0 Å². The number of anilines is 1. The summed E-state index contributed by atoms with van der Waals surface area (Å²) in [6.07, 6.45) is 4.18. The normalized spacial score (nSPS) is 25.7. The Morgan fingerprint density at radius 2 is 2.00 bits per heavy atom. The molecule has 28 heavy (non-hydrogen) atoms. The Morgan fingerprint density at radius 3 is 2.75 bits per heavy atom. The van der Waals surface area contributed by atoms with Crippen LogP contribution in [0.2, 0.25) is 0 Å². The maximum atomic E-state index is 13.1. The molecule has 2 bridgehead atoms. The molecule has 1 aromatic heterocycles. The lowest BCUT2D eigenvalue weighted by atomic mass is 9.65. The third-order valence-electron chi connectivity index (χ3n) is 6.10. The average Bonchev–Trinajstić information content (AvgIpc) is 3.17. The third kappa shape index (κ3) is 4.07. The first-order valence-electron chi connectivity index (χ1n) is 10.1. The molecule has 2 fully saturated rings. The number of fused-ring (bicyclic) bond motifs is 2. The lowest BCUT2D eigenvalue weighted by molar-refractivity contribution is -0.130. The summed E-state index contributed by atoms with van der Waals surface area (Å²) in [4.78, 5) is 21.8. The highest BCUT2D eigenvalue weighted by Crippen LogP contribution is 2.52. The number of hydrogen-bond acceptors (Lipinski definition) is 5. The van der Waals surface area contributed by atoms with E-state index in [0.717, 1.165) is 36.8 Å². The second kappa shape index (κ2) is 7.14. The monoisotopic (exact) mass is 398 g/mol. The first-order chi connectivity index (χ1) is 13.2. The first kappa shape index (κ1) is 19.4. The maximum Gasteiger partial charge on any atom is 0.242 e. The van der Waals surface area contributed by atoms with E-state index < -0.39 is 0 Å². The van der Waals surface area contributed by atoms with Gasteiger partial charge >= 0.3 is 0 Å². The molecule has 1 amide bonds. The van der Waals surface area contributed by atoms with Crippen LogP contribution in [0.5, 0.6) is 0 Å². The fourth-order valence-electron chi connectivity index (χ4n) is 5.36. The minimum Gasteiger partial charge on any atom is -0.341 e. The number of likely N-dealkylation sites (N-methyl/N-ethyl adjacent to an activating group) is 1. The molecule has 0 radical (unpaired) electrons. The van der Waals surface area contributed by atoms with Gasteiger partial charge in [-0.1, -0.05) is 51.1 Å². The summed E-state index contributed by atoms with van der Waals surface area (Å²) >= 11 is 1.37. The van der Waals surface area contributed by atoms with Crippen molar-refractivity contribution >= 4 is 22.6 Å². The minimum atomic E-state index is 0.216. The van der Waals surface area contributed by atoms with Crippen LogP contribution in [-0.4, -0.2) is 46.3 Å². The van der Waals surface area contributed by atoms with Crippen LogP contribution in [0.3, 0.4) is 0 Å². The van der Waals surface area contributed by atoms with Crippen molar-refractivity contribution in [3.05, 3.63) is 41.7 Å². The van der Waals surface area contributed by atoms with Gasteiger partial charge in [-0.2, -0.15) is 4.37 Å². The van der Waals surface area contributed by atoms with Gasteiger partial charge in [-0.3, -0.25) is 4.79 Å². The van der Waals surface area contributed by atoms with Crippen LogP contribution in [0.1, 0.15) is 51.4 Å². The smallest absolute Gasteiger partial charge is 0.242 e. The molecule has 150 valence electrons. The average molecular weight is 399 g/mol. The number of hydrogen-bond donors (Lipinski definition) is 0. The van der Waals surface area contributed by atoms with E-state index in [1.54, 1.807) is 0 Å². The summed E-state index contributed by atoms with van der Waals surface area (Å²) in [5.41, 5.74) is 1.79. The van der Waals surface area contributed by atoms with Gasteiger partial charge in [0.2, 0.25) is 11.0 Å². The SMILES string of the molecule is CN(CC(=O)N1CC2(C)CC1CC(C)(C)C2)c1nc(Cc2ccccc2)ns1. The van der Waals surface area contributed by atoms with Crippen molar-refractivity contribution < 1.29 is 4.79 Å². The van der Waals surface area contributed by atoms with Gasteiger partial charge in [-0.05, 0) is 35.7 Å². The minimum absolute atomic E-state index is 0.216. The zero-order valence-electron chi connectivity index (χ0n) is 17.3. The lowest BCUT2D eigenvalue weighted by Gasteiger charge is -2.39. The summed E-state index contributed by atoms with van der Waals surface area (Å²) in [5, 5.41) is 0.813. The Hall–Kier alpha value is -1.95. The second-order valence-electron chi connectivity index (χ2n) is 9.75. The molecule has 2 aromatic rings. The first-order valence-corrected chi connectivity index (χ1v) is 10.9. The van der Waals surface area contributed by atoms with Gasteiger partial charge < -0.3 is 9.80 Å². The molecule has 1 aliphatic heterocycles. The number of amides is 1. The Balaban J connectivity index is 1.39. The molecule has 2 atom stereocenters. The standard InChI is InChI=1S/C22H30N4OS/c1-21(2)11-17-12-22(3,14-21)15-26(17)19(27)13-25(4)20-23-18(24-28-20)10-16-8-6-5-7-9-16/h5-9,17H,10-15H2,1-4H3. The molecule has 0 N–H and O–H groups in total. The zero-order valence-corrected chi connectivity index (χ0v) is 18.1. The second-order valence-corrected chi connectivity index (χ2v) is 10.5. The molecule has 2 unspecified atom stereocenters. The Kier molecular flexibility index (Phi) is 4.94. The molecule has 4 rings (SSSR count). The van der Waals surface area contributed by atoms with Crippen LogP contribution >= 0.6 is 11.5 Å². The highest BCUT2D eigenvalue weighted by molar-refractivity contribution is 7.09. The number of aromatic nitrogens is 2. The predicted octanol–water partition coefficient (Wildman–Crippen LogP) is 3.99. The van der Waals surface area contributed by atoms with Crippen molar-refractivity contribution in [2.45, 2.75) is 52.5 Å². The van der Waals surface area contributed by atoms with Crippen LogP contribution in [0, 0.1) is 10.8 Å². The third-order valence-corrected chi connectivity index (χ3v) is 6.96. The van der Waals surface area contributed by atoms with Gasteiger partial charge in [0, 0.05) is 37.6 Å². The van der Waals surface area contributed by atoms with E-state index >= 15 is 0 Å². The largest absolute Gasteiger partial charge is 0.341 e. The van der Waals surface area contributed by atoms with Gasteiger partial charge in [0.25, 0.3) is 0 Å². The van der Waals surface area contributed by atoms with E-state index in [2.05, 4.69) is 47.2 Å². The summed E-state index contributed by atoms with van der Waals surface area (Å²) in [6, 6.07) is 10.6. The molecule has 5 nitrogen and oxygen atoms in total. The Bertz CT molecular complexity index is 849. The summed E-state index contributed by atoms with van der Waals surface area (Å²) in [6.45, 7) is 8.29. The highest BCUT2D eigenvalue weighted by Gasteiger charge is 2.50. The number of carbonyl (C=O) groups is 1. The summed E-state index contributed by atoms with van der Waals surface area (Å²) in [5.74, 6) is 1.03. The molecule has 6 heteroatoms. The van der Waals surface area contributed by atoms with Crippen LogP contribution in [-0.2, 0) is 11.2 Å². The quantitative estimate of drug-likeness (QED) is 0.764. The fourth-order valence-corrected chi connectivity index (χ4v) is 6.01. The van der Waals surface area contributed by atoms with Crippen LogP contribution in [0.4, 0.5) is 5.13 Å². The van der Waals surface area contributed by atoms with E-state index in [1.165, 1.54) is 23.5 Å². The van der Waals surface area contributed by atoms with E-state index in [0.29, 0.717) is 18.0 Å². The lowest BCUT2D eigenvalue weighted by Crippen LogP contribution is -2.42. The van der Waals surface area contributed by atoms with Gasteiger partial charge in [0.15, 0.2) is 0 Å². The van der Waals surface area contributed by atoms with E-state index in [9.17, 15) is 4.79 Å². The molecule has 1 aliphatic carbocycles. The van der Waals surface area contributed by atoms with Crippen molar-refractivity contribution in [1.29, 1.82) is 0 Å². The molecular formula is C22H30N4OS. The predicted molar refractivity (Wildman–Crippen MR) is 114 cm³/mol. The zero-order chi connectivity index (χ0) is 19.9. The van der Waals surface area contributed by atoms with Crippen molar-refractivity contribution in [2.24, 2.45) is 10.8 Å². The highest BCUT2D eigenvalue weighted by atomic mass is 32.1. The summed E-state index contributed by atoms with van der Waals surface area (Å²) in [7, 11) is 1.94. The van der Waals surface area contributed by atoms with Crippen LogP contribution < -0.4 is 4.90 Å². The fraction of sp³-hybridized carbons (Fsp3) is 0.591. The number of nitrogens with zero attached hydrogens (tertiary/aromatic N) is 4. The van der Waals surface area contributed by atoms with Gasteiger partial charge in [0.1, 0.15) is 5.82 Å². The Morgan fingerprint density at radius 1 is 1.25 bits per heavy atom. The van der Waals surface area contributed by atoms with Gasteiger partial charge in [0.05, 0.1) is 6.54 Å². The van der Waals surface area contributed by atoms with Crippen molar-refractivity contribution in [1.82, 2.24) is 14.3 Å². The summed E-state index contributed by atoms with van der Waals surface area (Å²) < 4.78 is 4.48. The van der Waals surface area contributed by atoms with E-state index in [-0.39, 0.29) is 11.3 Å². The van der Waals surface area contributed by atoms with E-state index in [1.807, 2.05) is 30.1 Å². The molecule has 1 aromatic carbocycles. The van der Waals surface area contributed by atoms with Gasteiger partial charge in [-0.25, -0.2) is 4.98 Å². The molecule has 1 saturated heterocycles. The van der Waals surface area contributed by atoms with Crippen molar-refractivity contribution in [3.8, 4) is 0 Å². The Labute approximate surface area is 171 Å². The number of likely N-dealkylation sites (tertiary alicyclic amines) is 1. The maximum absolute atomic E-state index is 13.1.